The first-order chi connectivity index (χ1) is 11.5. The van der Waals surface area contributed by atoms with Gasteiger partial charge in [0, 0.05) is 18.0 Å². The number of methoxy groups -OCH3 is 1. The van der Waals surface area contributed by atoms with Gasteiger partial charge in [-0.05, 0) is 30.5 Å². The van der Waals surface area contributed by atoms with E-state index in [1.165, 1.54) is 30.0 Å². The lowest BCUT2D eigenvalue weighted by molar-refractivity contribution is -0.116. The SMILES string of the molecule is CCc1cccc(C)c1NC(=O)Cn1cc(C(=O)OC)ccc1=O. The van der Waals surface area contributed by atoms with Crippen molar-refractivity contribution in [3.8, 4) is 0 Å². The van der Waals surface area contributed by atoms with Crippen LogP contribution in [0.3, 0.4) is 0 Å². The highest BCUT2D eigenvalue weighted by Crippen LogP contribution is 2.21. The number of benzene rings is 1. The summed E-state index contributed by atoms with van der Waals surface area (Å²) in [5.41, 5.74) is 2.60. The first-order valence-corrected chi connectivity index (χ1v) is 7.63. The number of nitrogens with one attached hydrogen (secondary N) is 1. The van der Waals surface area contributed by atoms with Crippen molar-refractivity contribution in [2.75, 3.05) is 12.4 Å². The van der Waals surface area contributed by atoms with Crippen LogP contribution in [-0.2, 0) is 22.5 Å². The first-order valence-electron chi connectivity index (χ1n) is 7.63. The third kappa shape index (κ3) is 3.90. The second kappa shape index (κ2) is 7.59. The lowest BCUT2D eigenvalue weighted by atomic mass is 10.1. The van der Waals surface area contributed by atoms with Crippen LogP contribution in [0.25, 0.3) is 0 Å². The minimum absolute atomic E-state index is 0.179. The molecule has 1 N–H and O–H groups in total. The van der Waals surface area contributed by atoms with Crippen LogP contribution in [0.4, 0.5) is 5.69 Å². The third-order valence-corrected chi connectivity index (χ3v) is 3.72. The van der Waals surface area contributed by atoms with Crippen LogP contribution in [0.2, 0.25) is 0 Å². The molecule has 1 aromatic carbocycles. The van der Waals surface area contributed by atoms with Gasteiger partial charge in [0.05, 0.1) is 12.7 Å². The Morgan fingerprint density at radius 1 is 1.21 bits per heavy atom. The second-order valence-electron chi connectivity index (χ2n) is 5.39. The quantitative estimate of drug-likeness (QED) is 0.853. The molecule has 0 saturated carbocycles. The summed E-state index contributed by atoms with van der Waals surface area (Å²) >= 11 is 0. The highest BCUT2D eigenvalue weighted by atomic mass is 16.5. The second-order valence-corrected chi connectivity index (χ2v) is 5.39. The summed E-state index contributed by atoms with van der Waals surface area (Å²) in [6.07, 6.45) is 2.11. The Morgan fingerprint density at radius 3 is 2.62 bits per heavy atom. The van der Waals surface area contributed by atoms with E-state index in [2.05, 4.69) is 10.1 Å². The predicted molar refractivity (Wildman–Crippen MR) is 91.2 cm³/mol. The highest BCUT2D eigenvalue weighted by molar-refractivity contribution is 5.92. The summed E-state index contributed by atoms with van der Waals surface area (Å²) in [4.78, 5) is 35.8. The number of para-hydroxylation sites is 1. The molecular formula is C18H20N2O4. The Bertz CT molecular complexity index is 824. The number of hydrogen-bond acceptors (Lipinski definition) is 4. The predicted octanol–water partition coefficient (Wildman–Crippen LogP) is 2.14. The largest absolute Gasteiger partial charge is 0.465 e. The fourth-order valence-electron chi connectivity index (χ4n) is 2.43. The number of ether oxygens (including phenoxy) is 1. The fourth-order valence-corrected chi connectivity index (χ4v) is 2.43. The molecule has 0 fully saturated rings. The Balaban J connectivity index is 2.22. The zero-order valence-corrected chi connectivity index (χ0v) is 14.0. The van der Waals surface area contributed by atoms with Crippen LogP contribution in [-0.4, -0.2) is 23.6 Å². The number of carbonyl (C=O) groups excluding carboxylic acids is 2. The topological polar surface area (TPSA) is 77.4 Å². The van der Waals surface area contributed by atoms with Gasteiger partial charge in [-0.2, -0.15) is 0 Å². The van der Waals surface area contributed by atoms with E-state index in [1.807, 2.05) is 32.0 Å². The molecule has 6 heteroatoms. The molecule has 1 heterocycles. The number of hydrogen-bond donors (Lipinski definition) is 1. The zero-order valence-electron chi connectivity index (χ0n) is 14.0. The lowest BCUT2D eigenvalue weighted by Crippen LogP contribution is -2.28. The zero-order chi connectivity index (χ0) is 17.7. The van der Waals surface area contributed by atoms with E-state index in [0.29, 0.717) is 0 Å². The smallest absolute Gasteiger partial charge is 0.339 e. The van der Waals surface area contributed by atoms with Crippen molar-refractivity contribution in [1.82, 2.24) is 4.57 Å². The third-order valence-electron chi connectivity index (χ3n) is 3.72. The number of anilines is 1. The number of rotatable bonds is 5. The van der Waals surface area contributed by atoms with Gasteiger partial charge in [-0.25, -0.2) is 4.79 Å². The summed E-state index contributed by atoms with van der Waals surface area (Å²) < 4.78 is 5.81. The van der Waals surface area contributed by atoms with E-state index in [-0.39, 0.29) is 23.6 Å². The molecule has 0 aliphatic rings. The van der Waals surface area contributed by atoms with Crippen LogP contribution in [0.15, 0.2) is 41.3 Å². The Morgan fingerprint density at radius 2 is 1.96 bits per heavy atom. The van der Waals surface area contributed by atoms with Crippen molar-refractivity contribution in [3.63, 3.8) is 0 Å². The Kier molecular flexibility index (Phi) is 5.52. The van der Waals surface area contributed by atoms with E-state index in [0.717, 1.165) is 23.2 Å². The average Bonchev–Trinajstić information content (AvgIpc) is 2.57. The molecule has 0 radical (unpaired) electrons. The van der Waals surface area contributed by atoms with Crippen LogP contribution in [0, 0.1) is 6.92 Å². The molecule has 0 unspecified atom stereocenters. The number of amides is 1. The molecule has 126 valence electrons. The maximum atomic E-state index is 12.3. The van der Waals surface area contributed by atoms with Gasteiger partial charge < -0.3 is 14.6 Å². The molecule has 2 aromatic rings. The number of nitrogens with zero attached hydrogens (tertiary/aromatic N) is 1. The van der Waals surface area contributed by atoms with Gasteiger partial charge in [0.1, 0.15) is 6.54 Å². The number of pyridine rings is 1. The van der Waals surface area contributed by atoms with Gasteiger partial charge >= 0.3 is 5.97 Å². The van der Waals surface area contributed by atoms with Crippen molar-refractivity contribution in [1.29, 1.82) is 0 Å². The lowest BCUT2D eigenvalue weighted by Gasteiger charge is -2.14. The molecule has 0 bridgehead atoms. The number of esters is 1. The van der Waals surface area contributed by atoms with E-state index < -0.39 is 5.97 Å². The Hall–Kier alpha value is -2.89. The van der Waals surface area contributed by atoms with E-state index in [1.54, 1.807) is 0 Å². The van der Waals surface area contributed by atoms with E-state index >= 15 is 0 Å². The minimum atomic E-state index is -0.559. The molecule has 1 amide bonds. The van der Waals surface area contributed by atoms with E-state index in [9.17, 15) is 14.4 Å². The first kappa shape index (κ1) is 17.5. The highest BCUT2D eigenvalue weighted by Gasteiger charge is 2.12. The standard InChI is InChI=1S/C18H20N2O4/c1-4-13-7-5-6-12(2)17(13)19-15(21)11-20-10-14(18(23)24-3)8-9-16(20)22/h5-10H,4,11H2,1-3H3,(H,19,21). The minimum Gasteiger partial charge on any atom is -0.465 e. The van der Waals surface area contributed by atoms with Gasteiger partial charge in [0.2, 0.25) is 5.91 Å². The van der Waals surface area contributed by atoms with Crippen LogP contribution < -0.4 is 10.9 Å². The normalized spacial score (nSPS) is 10.3. The molecule has 0 spiro atoms. The van der Waals surface area contributed by atoms with Crippen LogP contribution in [0.1, 0.15) is 28.4 Å². The molecule has 24 heavy (non-hydrogen) atoms. The molecule has 1 aromatic heterocycles. The van der Waals surface area contributed by atoms with Crippen LogP contribution >= 0.6 is 0 Å². The summed E-state index contributed by atoms with van der Waals surface area (Å²) in [5.74, 6) is -0.889. The number of aryl methyl sites for hydroxylation is 2. The van der Waals surface area contributed by atoms with Crippen molar-refractivity contribution in [3.05, 3.63) is 63.6 Å². The molecule has 0 aliphatic carbocycles. The van der Waals surface area contributed by atoms with Crippen LogP contribution in [0.5, 0.6) is 0 Å². The summed E-state index contributed by atoms with van der Waals surface area (Å²) in [5, 5.41) is 2.85. The van der Waals surface area contributed by atoms with Crippen molar-refractivity contribution < 1.29 is 14.3 Å². The monoisotopic (exact) mass is 328 g/mol. The van der Waals surface area contributed by atoms with Crippen molar-refractivity contribution >= 4 is 17.6 Å². The molecule has 0 atom stereocenters. The fraction of sp³-hybridized carbons (Fsp3) is 0.278. The Labute approximate surface area is 140 Å². The van der Waals surface area contributed by atoms with Crippen molar-refractivity contribution in [2.45, 2.75) is 26.8 Å². The van der Waals surface area contributed by atoms with E-state index in [4.69, 9.17) is 0 Å². The maximum absolute atomic E-state index is 12.3. The van der Waals surface area contributed by atoms with Gasteiger partial charge in [-0.15, -0.1) is 0 Å². The van der Waals surface area contributed by atoms with Gasteiger partial charge in [-0.3, -0.25) is 9.59 Å². The summed E-state index contributed by atoms with van der Waals surface area (Å²) in [6.45, 7) is 3.74. The number of carbonyl (C=O) groups is 2. The molecule has 6 nitrogen and oxygen atoms in total. The maximum Gasteiger partial charge on any atom is 0.339 e. The van der Waals surface area contributed by atoms with Crippen molar-refractivity contribution in [2.24, 2.45) is 0 Å². The molecule has 2 rings (SSSR count). The summed E-state index contributed by atoms with van der Waals surface area (Å²) in [7, 11) is 1.26. The van der Waals surface area contributed by atoms with Gasteiger partial charge in [-0.1, -0.05) is 25.1 Å². The van der Waals surface area contributed by atoms with Gasteiger partial charge in [0.25, 0.3) is 5.56 Å². The molecule has 0 saturated heterocycles. The molecular weight excluding hydrogens is 308 g/mol. The number of aromatic nitrogens is 1. The average molecular weight is 328 g/mol. The summed E-state index contributed by atoms with van der Waals surface area (Å²) in [6, 6.07) is 8.42. The van der Waals surface area contributed by atoms with Gasteiger partial charge in [0.15, 0.2) is 0 Å². The molecule has 0 aliphatic heterocycles.